The highest BCUT2D eigenvalue weighted by Gasteiger charge is 2.14. The first-order chi connectivity index (χ1) is 12.1. The fourth-order valence-electron chi connectivity index (χ4n) is 2.04. The molecule has 0 aliphatic rings. The van der Waals surface area contributed by atoms with Crippen molar-refractivity contribution in [3.63, 3.8) is 0 Å². The fourth-order valence-corrected chi connectivity index (χ4v) is 2.04. The average molecular weight is 344 g/mol. The highest BCUT2D eigenvalue weighted by Crippen LogP contribution is 2.21. The molecule has 9 nitrogen and oxygen atoms in total. The third-order valence-electron chi connectivity index (χ3n) is 3.13. The Hall–Kier alpha value is -3.43. The van der Waals surface area contributed by atoms with Crippen LogP contribution in [0, 0.1) is 5.82 Å². The molecule has 0 aromatic carbocycles. The Morgan fingerprint density at radius 3 is 2.84 bits per heavy atom. The van der Waals surface area contributed by atoms with Crippen LogP contribution in [0.2, 0.25) is 0 Å². The predicted octanol–water partition coefficient (Wildman–Crippen LogP) is 0.630. The predicted molar refractivity (Wildman–Crippen MR) is 83.7 cm³/mol. The SMILES string of the molecule is CCNC(=O)Cn1nc(-c2nnc(-c3cncc(F)c3)o2)ccc1=O. The monoisotopic (exact) mass is 344 g/mol. The Balaban J connectivity index is 1.90. The first-order valence-electron chi connectivity index (χ1n) is 7.36. The molecule has 10 heteroatoms. The van der Waals surface area contributed by atoms with Gasteiger partial charge < -0.3 is 9.73 Å². The highest BCUT2D eigenvalue weighted by atomic mass is 19.1. The lowest BCUT2D eigenvalue weighted by Crippen LogP contribution is -2.33. The van der Waals surface area contributed by atoms with Crippen molar-refractivity contribution in [1.29, 1.82) is 0 Å². The molecule has 3 aromatic heterocycles. The molecule has 0 aliphatic heterocycles. The molecular weight excluding hydrogens is 331 g/mol. The first kappa shape index (κ1) is 16.4. The second-order valence-electron chi connectivity index (χ2n) is 4.97. The molecule has 0 saturated heterocycles. The van der Waals surface area contributed by atoms with Crippen molar-refractivity contribution in [3.8, 4) is 23.0 Å². The van der Waals surface area contributed by atoms with E-state index in [1.807, 2.05) is 0 Å². The van der Waals surface area contributed by atoms with Crippen LogP contribution in [0.4, 0.5) is 4.39 Å². The molecule has 1 N–H and O–H groups in total. The standard InChI is InChI=1S/C15H13FN6O3/c1-2-18-12(23)8-22-13(24)4-3-11(21-22)15-20-19-14(25-15)9-5-10(16)7-17-6-9/h3-7H,2,8H2,1H3,(H,18,23). The van der Waals surface area contributed by atoms with Crippen LogP contribution in [0.5, 0.6) is 0 Å². The zero-order valence-electron chi connectivity index (χ0n) is 13.1. The summed E-state index contributed by atoms with van der Waals surface area (Å²) in [6, 6.07) is 3.85. The number of carbonyl (C=O) groups excluding carboxylic acids is 1. The maximum Gasteiger partial charge on any atom is 0.268 e. The number of halogens is 1. The molecule has 0 radical (unpaired) electrons. The number of likely N-dealkylation sites (N-methyl/N-ethyl adjacent to an activating group) is 1. The molecular formula is C15H13FN6O3. The van der Waals surface area contributed by atoms with E-state index in [0.29, 0.717) is 12.1 Å². The zero-order chi connectivity index (χ0) is 17.8. The van der Waals surface area contributed by atoms with Gasteiger partial charge in [-0.1, -0.05) is 0 Å². The minimum atomic E-state index is -0.536. The molecule has 0 fully saturated rings. The van der Waals surface area contributed by atoms with Crippen molar-refractivity contribution in [1.82, 2.24) is 30.3 Å². The van der Waals surface area contributed by atoms with Crippen LogP contribution in [0.15, 0.2) is 39.8 Å². The second kappa shape index (κ2) is 6.99. The Morgan fingerprint density at radius 1 is 1.28 bits per heavy atom. The summed E-state index contributed by atoms with van der Waals surface area (Å²) in [5.74, 6) is -0.786. The van der Waals surface area contributed by atoms with Crippen LogP contribution in [0.1, 0.15) is 6.92 Å². The van der Waals surface area contributed by atoms with Gasteiger partial charge in [0.15, 0.2) is 0 Å². The van der Waals surface area contributed by atoms with E-state index in [2.05, 4.69) is 25.6 Å². The summed E-state index contributed by atoms with van der Waals surface area (Å²) >= 11 is 0. The molecule has 0 unspecified atom stereocenters. The normalized spacial score (nSPS) is 10.6. The van der Waals surface area contributed by atoms with E-state index < -0.39 is 11.4 Å². The average Bonchev–Trinajstić information content (AvgIpc) is 3.07. The van der Waals surface area contributed by atoms with E-state index in [9.17, 15) is 14.0 Å². The van der Waals surface area contributed by atoms with Gasteiger partial charge in [-0.3, -0.25) is 14.6 Å². The lowest BCUT2D eigenvalue weighted by atomic mass is 10.3. The van der Waals surface area contributed by atoms with Gasteiger partial charge in [0, 0.05) is 18.8 Å². The number of hydrogen-bond acceptors (Lipinski definition) is 7. The Bertz CT molecular complexity index is 968. The molecule has 0 saturated carbocycles. The maximum atomic E-state index is 13.2. The fraction of sp³-hybridized carbons (Fsp3) is 0.200. The quantitative estimate of drug-likeness (QED) is 0.721. The van der Waals surface area contributed by atoms with Gasteiger partial charge >= 0.3 is 0 Å². The topological polar surface area (TPSA) is 116 Å². The number of nitrogens with one attached hydrogen (secondary N) is 1. The van der Waals surface area contributed by atoms with Crippen LogP contribution in [-0.2, 0) is 11.3 Å². The third-order valence-corrected chi connectivity index (χ3v) is 3.13. The first-order valence-corrected chi connectivity index (χ1v) is 7.36. The largest absolute Gasteiger partial charge is 0.414 e. The van der Waals surface area contributed by atoms with E-state index in [-0.39, 0.29) is 29.9 Å². The van der Waals surface area contributed by atoms with Gasteiger partial charge in [0.25, 0.3) is 11.4 Å². The van der Waals surface area contributed by atoms with Gasteiger partial charge in [-0.15, -0.1) is 10.2 Å². The van der Waals surface area contributed by atoms with Crippen LogP contribution in [-0.4, -0.2) is 37.4 Å². The summed E-state index contributed by atoms with van der Waals surface area (Å²) in [5, 5.41) is 14.3. The van der Waals surface area contributed by atoms with E-state index >= 15 is 0 Å². The number of nitrogens with zero attached hydrogens (tertiary/aromatic N) is 5. The molecule has 0 bridgehead atoms. The van der Waals surface area contributed by atoms with Crippen LogP contribution in [0.25, 0.3) is 23.0 Å². The summed E-state index contributed by atoms with van der Waals surface area (Å²) in [6.45, 7) is 1.99. The van der Waals surface area contributed by atoms with Crippen molar-refractivity contribution in [2.45, 2.75) is 13.5 Å². The number of amides is 1. The molecule has 0 atom stereocenters. The van der Waals surface area contributed by atoms with Crippen LogP contribution < -0.4 is 10.9 Å². The second-order valence-corrected chi connectivity index (χ2v) is 4.97. The summed E-state index contributed by atoms with van der Waals surface area (Å²) < 4.78 is 19.7. The lowest BCUT2D eigenvalue weighted by Gasteiger charge is -2.05. The number of hydrogen-bond donors (Lipinski definition) is 1. The zero-order valence-corrected chi connectivity index (χ0v) is 13.1. The van der Waals surface area contributed by atoms with Crippen molar-refractivity contribution in [2.75, 3.05) is 6.54 Å². The Labute approximate surface area is 140 Å². The highest BCUT2D eigenvalue weighted by molar-refractivity contribution is 5.75. The molecule has 3 heterocycles. The minimum absolute atomic E-state index is 0.0314. The molecule has 3 aromatic rings. The van der Waals surface area contributed by atoms with E-state index in [4.69, 9.17) is 4.42 Å². The van der Waals surface area contributed by atoms with Gasteiger partial charge in [0.2, 0.25) is 11.8 Å². The van der Waals surface area contributed by atoms with Gasteiger partial charge in [-0.2, -0.15) is 5.10 Å². The van der Waals surface area contributed by atoms with E-state index in [0.717, 1.165) is 10.9 Å². The number of carbonyl (C=O) groups is 1. The molecule has 3 rings (SSSR count). The van der Waals surface area contributed by atoms with Gasteiger partial charge in [0.05, 0.1) is 11.8 Å². The Kier molecular flexibility index (Phi) is 4.59. The van der Waals surface area contributed by atoms with E-state index in [1.54, 1.807) is 6.92 Å². The van der Waals surface area contributed by atoms with Crippen molar-refractivity contribution in [3.05, 3.63) is 46.8 Å². The van der Waals surface area contributed by atoms with Gasteiger partial charge in [-0.05, 0) is 19.1 Å². The minimum Gasteiger partial charge on any atom is -0.414 e. The van der Waals surface area contributed by atoms with Crippen molar-refractivity contribution >= 4 is 5.91 Å². The van der Waals surface area contributed by atoms with Gasteiger partial charge in [0.1, 0.15) is 18.1 Å². The summed E-state index contributed by atoms with van der Waals surface area (Å²) in [6.07, 6.45) is 2.43. The van der Waals surface area contributed by atoms with Crippen LogP contribution >= 0.6 is 0 Å². The number of pyridine rings is 1. The van der Waals surface area contributed by atoms with Crippen molar-refractivity contribution < 1.29 is 13.6 Å². The molecule has 25 heavy (non-hydrogen) atoms. The maximum absolute atomic E-state index is 13.2. The van der Waals surface area contributed by atoms with E-state index in [1.165, 1.54) is 24.4 Å². The van der Waals surface area contributed by atoms with Crippen LogP contribution in [0.3, 0.4) is 0 Å². The smallest absolute Gasteiger partial charge is 0.268 e. The molecule has 1 amide bonds. The number of rotatable bonds is 5. The molecule has 0 aliphatic carbocycles. The summed E-state index contributed by atoms with van der Waals surface area (Å²) in [5.41, 5.74) is 0.0884. The summed E-state index contributed by atoms with van der Waals surface area (Å²) in [4.78, 5) is 27.1. The Morgan fingerprint density at radius 2 is 2.08 bits per heavy atom. The third kappa shape index (κ3) is 3.74. The molecule has 0 spiro atoms. The number of aromatic nitrogens is 5. The molecule has 128 valence electrons. The lowest BCUT2D eigenvalue weighted by molar-refractivity contribution is -0.121. The van der Waals surface area contributed by atoms with Crippen molar-refractivity contribution in [2.24, 2.45) is 0 Å². The van der Waals surface area contributed by atoms with Gasteiger partial charge in [-0.25, -0.2) is 9.07 Å². The summed E-state index contributed by atoms with van der Waals surface area (Å²) in [7, 11) is 0.